The van der Waals surface area contributed by atoms with Gasteiger partial charge in [-0.2, -0.15) is 8.78 Å². The van der Waals surface area contributed by atoms with Gasteiger partial charge in [-0.1, -0.05) is 30.3 Å². The summed E-state index contributed by atoms with van der Waals surface area (Å²) in [7, 11) is 0. The molecule has 0 amide bonds. The molecule has 0 saturated carbocycles. The maximum Gasteiger partial charge on any atom is 0.379 e. The molecule has 0 aliphatic carbocycles. The fraction of sp³-hybridized carbons (Fsp3) is 0.364. The van der Waals surface area contributed by atoms with Crippen molar-refractivity contribution in [3.8, 4) is 0 Å². The molecule has 0 radical (unpaired) electrons. The molecular formula is C11H13F2NO2. The highest BCUT2D eigenvalue weighted by atomic mass is 19.3. The average Bonchev–Trinajstić information content (AvgIpc) is 2.29. The van der Waals surface area contributed by atoms with Crippen LogP contribution in [0.4, 0.5) is 8.78 Å². The molecule has 0 aliphatic heterocycles. The lowest BCUT2D eigenvalue weighted by Gasteiger charge is -2.21. The van der Waals surface area contributed by atoms with E-state index < -0.39 is 17.9 Å². The number of alkyl halides is 2. The lowest BCUT2D eigenvalue weighted by molar-refractivity contribution is -0.174. The molecule has 1 atom stereocenters. The van der Waals surface area contributed by atoms with Gasteiger partial charge in [-0.15, -0.1) is 0 Å². The summed E-state index contributed by atoms with van der Waals surface area (Å²) in [6, 6.07) is 6.04. The lowest BCUT2D eigenvalue weighted by atomic mass is 10.0. The molecule has 5 heteroatoms. The van der Waals surface area contributed by atoms with Gasteiger partial charge in [-0.25, -0.2) is 4.79 Å². The van der Waals surface area contributed by atoms with Gasteiger partial charge in [-0.05, 0) is 12.5 Å². The zero-order valence-electron chi connectivity index (χ0n) is 8.82. The summed E-state index contributed by atoms with van der Waals surface area (Å²) >= 11 is 0. The summed E-state index contributed by atoms with van der Waals surface area (Å²) in [5.41, 5.74) is 5.55. The Morgan fingerprint density at radius 2 is 2.00 bits per heavy atom. The molecule has 0 fully saturated rings. The van der Waals surface area contributed by atoms with Crippen LogP contribution in [0.2, 0.25) is 0 Å². The quantitative estimate of drug-likeness (QED) is 0.802. The van der Waals surface area contributed by atoms with Gasteiger partial charge < -0.3 is 10.5 Å². The fourth-order valence-electron chi connectivity index (χ4n) is 1.22. The number of nitrogens with two attached hydrogens (primary N) is 1. The topological polar surface area (TPSA) is 52.3 Å². The zero-order chi connectivity index (χ0) is 12.2. The minimum atomic E-state index is -3.71. The van der Waals surface area contributed by atoms with Crippen LogP contribution in [0.25, 0.3) is 0 Å². The fourth-order valence-corrected chi connectivity index (χ4v) is 1.22. The number of ether oxygens (including phenoxy) is 1. The van der Waals surface area contributed by atoms with Crippen LogP contribution < -0.4 is 5.73 Å². The summed E-state index contributed by atoms with van der Waals surface area (Å²) < 4.78 is 31.2. The Morgan fingerprint density at radius 3 is 2.50 bits per heavy atom. The Bertz CT molecular complexity index is 354. The molecule has 88 valence electrons. The van der Waals surface area contributed by atoms with Gasteiger partial charge >= 0.3 is 11.9 Å². The molecule has 1 aromatic carbocycles. The summed E-state index contributed by atoms with van der Waals surface area (Å²) in [6.07, 6.45) is 0. The molecule has 1 aromatic rings. The number of halogens is 2. The third-order valence-electron chi connectivity index (χ3n) is 2.10. The molecule has 16 heavy (non-hydrogen) atoms. The highest BCUT2D eigenvalue weighted by molar-refractivity contribution is 5.78. The van der Waals surface area contributed by atoms with Crippen LogP contribution in [0, 0.1) is 0 Å². The molecule has 0 heterocycles. The number of carbonyl (C=O) groups excluding carboxylic acids is 1. The van der Waals surface area contributed by atoms with Gasteiger partial charge in [-0.3, -0.25) is 0 Å². The molecule has 3 nitrogen and oxygen atoms in total. The zero-order valence-corrected chi connectivity index (χ0v) is 8.82. The predicted octanol–water partition coefficient (Wildman–Crippen LogP) is 1.88. The van der Waals surface area contributed by atoms with E-state index in [4.69, 9.17) is 5.73 Å². The first-order valence-corrected chi connectivity index (χ1v) is 4.85. The number of hydrogen-bond acceptors (Lipinski definition) is 3. The van der Waals surface area contributed by atoms with Crippen molar-refractivity contribution in [3.63, 3.8) is 0 Å². The van der Waals surface area contributed by atoms with E-state index in [2.05, 4.69) is 4.74 Å². The Balaban J connectivity index is 2.87. The molecular weight excluding hydrogens is 216 g/mol. The maximum atomic E-state index is 13.5. The second-order valence-corrected chi connectivity index (χ2v) is 3.23. The minimum Gasteiger partial charge on any atom is -0.462 e. The van der Waals surface area contributed by atoms with Crippen molar-refractivity contribution in [1.82, 2.24) is 0 Å². The smallest absolute Gasteiger partial charge is 0.379 e. The molecule has 0 unspecified atom stereocenters. The highest BCUT2D eigenvalue weighted by Gasteiger charge is 2.47. The second kappa shape index (κ2) is 5.03. The van der Waals surface area contributed by atoms with Crippen LogP contribution in [-0.2, 0) is 9.53 Å². The number of carbonyl (C=O) groups is 1. The molecule has 0 aliphatic rings. The monoisotopic (exact) mass is 229 g/mol. The van der Waals surface area contributed by atoms with Gasteiger partial charge in [0.05, 0.1) is 6.61 Å². The van der Waals surface area contributed by atoms with Crippen molar-refractivity contribution in [1.29, 1.82) is 0 Å². The SMILES string of the molecule is CCOC(=O)C(F)(F)[C@H](N)c1ccccc1. The van der Waals surface area contributed by atoms with E-state index in [9.17, 15) is 13.6 Å². The highest BCUT2D eigenvalue weighted by Crippen LogP contribution is 2.30. The van der Waals surface area contributed by atoms with E-state index in [0.29, 0.717) is 0 Å². The molecule has 0 aromatic heterocycles. The summed E-state index contributed by atoms with van der Waals surface area (Å²) in [5.74, 6) is -5.30. The first-order chi connectivity index (χ1) is 7.50. The van der Waals surface area contributed by atoms with E-state index >= 15 is 0 Å². The van der Waals surface area contributed by atoms with Crippen molar-refractivity contribution in [2.75, 3.05) is 6.61 Å². The van der Waals surface area contributed by atoms with Gasteiger partial charge in [0.25, 0.3) is 0 Å². The van der Waals surface area contributed by atoms with E-state index in [-0.39, 0.29) is 12.2 Å². The Labute approximate surface area is 92.2 Å². The molecule has 0 bridgehead atoms. The second-order valence-electron chi connectivity index (χ2n) is 3.23. The third kappa shape index (κ3) is 2.55. The van der Waals surface area contributed by atoms with Crippen LogP contribution >= 0.6 is 0 Å². The van der Waals surface area contributed by atoms with Gasteiger partial charge in [0, 0.05) is 0 Å². The largest absolute Gasteiger partial charge is 0.462 e. The van der Waals surface area contributed by atoms with Crippen LogP contribution in [0.3, 0.4) is 0 Å². The van der Waals surface area contributed by atoms with Gasteiger partial charge in [0.1, 0.15) is 6.04 Å². The van der Waals surface area contributed by atoms with Crippen LogP contribution in [0.5, 0.6) is 0 Å². The van der Waals surface area contributed by atoms with E-state index in [1.165, 1.54) is 19.1 Å². The first-order valence-electron chi connectivity index (χ1n) is 4.85. The summed E-state index contributed by atoms with van der Waals surface area (Å²) in [5, 5.41) is 0. The Hall–Kier alpha value is -1.49. The van der Waals surface area contributed by atoms with E-state index in [1.807, 2.05) is 0 Å². The maximum absolute atomic E-state index is 13.5. The number of benzene rings is 1. The van der Waals surface area contributed by atoms with Crippen molar-refractivity contribution in [2.45, 2.75) is 18.9 Å². The van der Waals surface area contributed by atoms with Crippen LogP contribution in [-0.4, -0.2) is 18.5 Å². The molecule has 0 spiro atoms. The van der Waals surface area contributed by atoms with Gasteiger partial charge in [0.15, 0.2) is 0 Å². The number of rotatable bonds is 4. The van der Waals surface area contributed by atoms with Crippen LogP contribution in [0.1, 0.15) is 18.5 Å². The summed E-state index contributed by atoms with van der Waals surface area (Å²) in [6.45, 7) is 1.36. The predicted molar refractivity (Wildman–Crippen MR) is 55.0 cm³/mol. The normalized spacial score (nSPS) is 13.2. The Morgan fingerprint density at radius 1 is 1.44 bits per heavy atom. The lowest BCUT2D eigenvalue weighted by Crippen LogP contribution is -2.41. The Kier molecular flexibility index (Phi) is 3.95. The molecule has 1 rings (SSSR count). The van der Waals surface area contributed by atoms with Crippen molar-refractivity contribution >= 4 is 5.97 Å². The van der Waals surface area contributed by atoms with Gasteiger partial charge in [0.2, 0.25) is 0 Å². The van der Waals surface area contributed by atoms with Crippen molar-refractivity contribution in [3.05, 3.63) is 35.9 Å². The minimum absolute atomic E-state index is 0.101. The van der Waals surface area contributed by atoms with E-state index in [1.54, 1.807) is 18.2 Å². The van der Waals surface area contributed by atoms with E-state index in [0.717, 1.165) is 0 Å². The number of esters is 1. The number of hydrogen-bond donors (Lipinski definition) is 1. The van der Waals surface area contributed by atoms with Crippen LogP contribution in [0.15, 0.2) is 30.3 Å². The standard InChI is InChI=1S/C11H13F2NO2/c1-2-16-10(15)11(12,13)9(14)8-6-4-3-5-7-8/h3-7,9H,2,14H2,1H3/t9-/m1/s1. The first kappa shape index (κ1) is 12.6. The third-order valence-corrected chi connectivity index (χ3v) is 2.10. The molecule has 2 N–H and O–H groups in total. The summed E-state index contributed by atoms with van der Waals surface area (Å²) in [4.78, 5) is 11.0. The molecule has 0 saturated heterocycles. The van der Waals surface area contributed by atoms with Crippen molar-refractivity contribution < 1.29 is 18.3 Å². The average molecular weight is 229 g/mol. The van der Waals surface area contributed by atoms with Crippen molar-refractivity contribution in [2.24, 2.45) is 5.73 Å².